The van der Waals surface area contributed by atoms with Crippen molar-refractivity contribution in [3.05, 3.63) is 105 Å². The highest BCUT2D eigenvalue weighted by Gasteiger charge is 2.13. The van der Waals surface area contributed by atoms with Gasteiger partial charge >= 0.3 is 0 Å². The molecule has 0 fully saturated rings. The van der Waals surface area contributed by atoms with Crippen molar-refractivity contribution in [2.24, 2.45) is 0 Å². The second kappa shape index (κ2) is 24.7. The molecule has 0 radical (unpaired) electrons. The summed E-state index contributed by atoms with van der Waals surface area (Å²) in [5, 5.41) is 0. The summed E-state index contributed by atoms with van der Waals surface area (Å²) in [6.45, 7) is 15.3. The fourth-order valence-electron chi connectivity index (χ4n) is 5.56. The molecule has 0 aliphatic carbocycles. The summed E-state index contributed by atoms with van der Waals surface area (Å²) >= 11 is 0. The van der Waals surface area contributed by atoms with Crippen LogP contribution in [0.25, 0.3) is 0 Å². The highest BCUT2D eigenvalue weighted by atomic mass is 16.5. The summed E-state index contributed by atoms with van der Waals surface area (Å²) < 4.78 is 36.4. The third kappa shape index (κ3) is 13.3. The van der Waals surface area contributed by atoms with Gasteiger partial charge in [0.1, 0.15) is 34.5 Å². The molecule has 4 aromatic rings. The first kappa shape index (κ1) is 45.7. The quantitative estimate of drug-likeness (QED) is 0.0935. The Labute approximate surface area is 358 Å². The third-order valence-corrected chi connectivity index (χ3v) is 8.44. The Hall–Kier alpha value is -6.96. The minimum atomic E-state index is 0.508. The Morgan fingerprint density at radius 1 is 0.300 bits per heavy atom. The molecule has 4 rings (SSSR count). The molecule has 306 valence electrons. The smallest absolute Gasteiger partial charge is 0.136 e. The summed E-state index contributed by atoms with van der Waals surface area (Å²) in [6, 6.07) is 16.7. The van der Waals surface area contributed by atoms with E-state index in [-0.39, 0.29) is 0 Å². The standard InChI is InChI=1S/C54H54O6/c1-10-25-55-49-37-46(52(58-28-13-4)34-43(49)16-7)22-19-40-31-41(20-23-47-38-50(56-26-11-2)44(17-8)35-53(47)59-29-14-5)33-42(32-40)21-24-48-39-51(57-27-12-3)45(18-9)36-54(48)60-30-15-6/h7-9,31-39H,10-15,25-30H2,1-6H3. The molecule has 0 spiro atoms. The van der Waals surface area contributed by atoms with E-state index in [1.165, 1.54) is 0 Å². The van der Waals surface area contributed by atoms with Crippen LogP contribution in [-0.4, -0.2) is 39.6 Å². The van der Waals surface area contributed by atoms with Crippen LogP contribution in [0.1, 0.15) is 130 Å². The Balaban J connectivity index is 1.94. The van der Waals surface area contributed by atoms with Crippen LogP contribution in [0.5, 0.6) is 34.5 Å². The zero-order valence-corrected chi connectivity index (χ0v) is 35.9. The number of hydrogen-bond acceptors (Lipinski definition) is 6. The van der Waals surface area contributed by atoms with Gasteiger partial charge in [-0.3, -0.25) is 0 Å². The number of ether oxygens (including phenoxy) is 6. The molecule has 0 heterocycles. The van der Waals surface area contributed by atoms with Gasteiger partial charge in [-0.2, -0.15) is 0 Å². The van der Waals surface area contributed by atoms with Gasteiger partial charge in [-0.25, -0.2) is 0 Å². The predicted molar refractivity (Wildman–Crippen MR) is 242 cm³/mol. The highest BCUT2D eigenvalue weighted by Crippen LogP contribution is 2.31. The summed E-state index contributed by atoms with van der Waals surface area (Å²) in [7, 11) is 0. The minimum Gasteiger partial charge on any atom is -0.492 e. The van der Waals surface area contributed by atoms with E-state index in [9.17, 15) is 0 Å². The molecule has 0 aliphatic heterocycles. The molecule has 0 unspecified atom stereocenters. The summed E-state index contributed by atoms with van der Waals surface area (Å²) in [4.78, 5) is 0. The van der Waals surface area contributed by atoms with Crippen LogP contribution in [0.3, 0.4) is 0 Å². The molecule has 0 N–H and O–H groups in total. The van der Waals surface area contributed by atoms with Crippen molar-refractivity contribution in [3.8, 4) is 107 Å². The van der Waals surface area contributed by atoms with Gasteiger partial charge in [0.05, 0.1) is 73.0 Å². The number of rotatable bonds is 18. The second-order valence-corrected chi connectivity index (χ2v) is 13.6. The first-order valence-corrected chi connectivity index (χ1v) is 20.8. The van der Waals surface area contributed by atoms with E-state index in [4.69, 9.17) is 47.7 Å². The lowest BCUT2D eigenvalue weighted by Gasteiger charge is -2.13. The fraction of sp³-hybridized carbons (Fsp3) is 0.333. The average molecular weight is 799 g/mol. The van der Waals surface area contributed by atoms with E-state index in [2.05, 4.69) is 53.3 Å². The normalized spacial score (nSPS) is 9.85. The van der Waals surface area contributed by atoms with Gasteiger partial charge in [0.15, 0.2) is 0 Å². The molecule has 0 saturated carbocycles. The van der Waals surface area contributed by atoms with Gasteiger partial charge in [-0.05, 0) is 56.7 Å². The molecule has 60 heavy (non-hydrogen) atoms. The Bertz CT molecular complexity index is 2130. The van der Waals surface area contributed by atoms with E-state index in [0.29, 0.717) is 124 Å². The van der Waals surface area contributed by atoms with Crippen LogP contribution in [0.15, 0.2) is 54.6 Å². The van der Waals surface area contributed by atoms with E-state index >= 15 is 0 Å². The first-order valence-electron chi connectivity index (χ1n) is 20.8. The maximum atomic E-state index is 6.11. The van der Waals surface area contributed by atoms with Crippen molar-refractivity contribution in [2.45, 2.75) is 80.1 Å². The first-order chi connectivity index (χ1) is 29.3. The molecular formula is C54H54O6. The van der Waals surface area contributed by atoms with Crippen molar-refractivity contribution >= 4 is 0 Å². The van der Waals surface area contributed by atoms with Crippen LogP contribution >= 0.6 is 0 Å². The lowest BCUT2D eigenvalue weighted by Crippen LogP contribution is -2.02. The molecule has 0 atom stereocenters. The number of terminal acetylenes is 3. The van der Waals surface area contributed by atoms with Crippen molar-refractivity contribution in [3.63, 3.8) is 0 Å². The minimum absolute atomic E-state index is 0.508. The Kier molecular flexibility index (Phi) is 18.9. The van der Waals surface area contributed by atoms with Gasteiger partial charge in [0.25, 0.3) is 0 Å². The topological polar surface area (TPSA) is 55.4 Å². The van der Waals surface area contributed by atoms with Gasteiger partial charge in [0, 0.05) is 53.1 Å². The largest absolute Gasteiger partial charge is 0.492 e. The molecule has 0 bridgehead atoms. The van der Waals surface area contributed by atoms with Crippen LogP contribution in [0, 0.1) is 72.6 Å². The lowest BCUT2D eigenvalue weighted by molar-refractivity contribution is 0.307. The molecule has 0 amide bonds. The molecule has 6 nitrogen and oxygen atoms in total. The van der Waals surface area contributed by atoms with Crippen LogP contribution in [0.2, 0.25) is 0 Å². The van der Waals surface area contributed by atoms with Crippen molar-refractivity contribution in [2.75, 3.05) is 39.6 Å². The van der Waals surface area contributed by atoms with Crippen molar-refractivity contribution in [1.82, 2.24) is 0 Å². The SMILES string of the molecule is C#Cc1cc(OCCC)c(C#Cc2cc(C#Cc3cc(OCCC)c(C#C)cc3OCCC)cc(C#Cc3cc(OCCC)c(C#C)cc3OCCC)c2)cc1OCCC. The Morgan fingerprint density at radius 3 is 0.700 bits per heavy atom. The fourth-order valence-corrected chi connectivity index (χ4v) is 5.56. The van der Waals surface area contributed by atoms with E-state index in [0.717, 1.165) is 38.5 Å². The molecule has 6 heteroatoms. The van der Waals surface area contributed by atoms with Gasteiger partial charge in [0.2, 0.25) is 0 Å². The monoisotopic (exact) mass is 798 g/mol. The highest BCUT2D eigenvalue weighted by molar-refractivity contribution is 5.64. The van der Waals surface area contributed by atoms with Gasteiger partial charge < -0.3 is 28.4 Å². The zero-order chi connectivity index (χ0) is 43.1. The molecule has 0 aliphatic rings. The second-order valence-electron chi connectivity index (χ2n) is 13.6. The van der Waals surface area contributed by atoms with E-state index < -0.39 is 0 Å². The van der Waals surface area contributed by atoms with Gasteiger partial charge in [-0.1, -0.05) is 94.8 Å². The predicted octanol–water partition coefficient (Wildman–Crippen LogP) is 10.6. The van der Waals surface area contributed by atoms with Gasteiger partial charge in [-0.15, -0.1) is 19.3 Å². The van der Waals surface area contributed by atoms with E-state index in [1.807, 2.05) is 96.1 Å². The average Bonchev–Trinajstić information content (AvgIpc) is 3.27. The summed E-state index contributed by atoms with van der Waals surface area (Å²) in [5.74, 6) is 31.7. The molecule has 0 aromatic heterocycles. The third-order valence-electron chi connectivity index (χ3n) is 8.44. The Morgan fingerprint density at radius 2 is 0.500 bits per heavy atom. The zero-order valence-electron chi connectivity index (χ0n) is 35.9. The maximum absolute atomic E-state index is 6.11. The number of benzene rings is 4. The maximum Gasteiger partial charge on any atom is 0.136 e. The van der Waals surface area contributed by atoms with Crippen LogP contribution in [0.4, 0.5) is 0 Å². The molecule has 0 saturated heterocycles. The van der Waals surface area contributed by atoms with Crippen molar-refractivity contribution in [1.29, 1.82) is 0 Å². The lowest BCUT2D eigenvalue weighted by atomic mass is 10.0. The summed E-state index contributed by atoms with van der Waals surface area (Å²) in [6.07, 6.45) is 22.6. The molecule has 4 aromatic carbocycles. The molecular weight excluding hydrogens is 745 g/mol. The van der Waals surface area contributed by atoms with Crippen LogP contribution < -0.4 is 28.4 Å². The van der Waals surface area contributed by atoms with Crippen LogP contribution in [-0.2, 0) is 0 Å². The summed E-state index contributed by atoms with van der Waals surface area (Å²) in [5.41, 5.74) is 5.81. The van der Waals surface area contributed by atoms with Crippen molar-refractivity contribution < 1.29 is 28.4 Å². The van der Waals surface area contributed by atoms with E-state index in [1.54, 1.807) is 0 Å². The number of hydrogen-bond donors (Lipinski definition) is 0.